The predicted octanol–water partition coefficient (Wildman–Crippen LogP) is 3.88. The first kappa shape index (κ1) is 16.1. The maximum Gasteiger partial charge on any atom is 0.177 e. The topological polar surface area (TPSA) is 34.1 Å². The van der Waals surface area contributed by atoms with Crippen LogP contribution in [0.4, 0.5) is 13.2 Å². The number of nitrogens with one attached hydrogen (secondary N) is 1. The molecule has 1 fully saturated rings. The van der Waals surface area contributed by atoms with Gasteiger partial charge in [-0.15, -0.1) is 0 Å². The van der Waals surface area contributed by atoms with Gasteiger partial charge in [0, 0.05) is 24.2 Å². The summed E-state index contributed by atoms with van der Waals surface area (Å²) in [6, 6.07) is 3.16. The third kappa shape index (κ3) is 3.43. The molecule has 122 valence electrons. The van der Waals surface area contributed by atoms with Crippen LogP contribution in [-0.4, -0.2) is 18.1 Å². The van der Waals surface area contributed by atoms with Crippen LogP contribution in [0.2, 0.25) is 5.02 Å². The highest BCUT2D eigenvalue weighted by atomic mass is 35.5. The highest BCUT2D eigenvalue weighted by Gasteiger charge is 2.30. The Bertz CT molecular complexity index is 708. The van der Waals surface area contributed by atoms with Gasteiger partial charge < -0.3 is 10.1 Å². The number of hydrogen-bond acceptors (Lipinski definition) is 3. The zero-order valence-corrected chi connectivity index (χ0v) is 12.8. The molecule has 1 aliphatic rings. The average Bonchev–Trinajstić information content (AvgIpc) is 3.05. The fourth-order valence-electron chi connectivity index (χ4n) is 2.70. The fourth-order valence-corrected chi connectivity index (χ4v) is 2.90. The van der Waals surface area contributed by atoms with E-state index in [1.54, 1.807) is 0 Å². The number of aromatic nitrogens is 1. The number of halogens is 4. The third-order valence-electron chi connectivity index (χ3n) is 3.83. The van der Waals surface area contributed by atoms with Crippen molar-refractivity contribution in [2.75, 3.05) is 13.1 Å². The minimum atomic E-state index is -0.774. The zero-order chi connectivity index (χ0) is 16.4. The Morgan fingerprint density at radius 2 is 2.00 bits per heavy atom. The second-order valence-electron chi connectivity index (χ2n) is 5.40. The molecule has 2 heterocycles. The Balaban J connectivity index is 1.98. The minimum Gasteiger partial charge on any atom is -0.481 e. The molecule has 2 aromatic rings. The van der Waals surface area contributed by atoms with Crippen molar-refractivity contribution in [1.82, 2.24) is 10.3 Å². The number of pyridine rings is 1. The third-order valence-corrected chi connectivity index (χ3v) is 4.18. The second-order valence-corrected chi connectivity index (χ2v) is 5.78. The Labute approximate surface area is 136 Å². The molecule has 0 radical (unpaired) electrons. The van der Waals surface area contributed by atoms with E-state index < -0.39 is 28.6 Å². The van der Waals surface area contributed by atoms with Crippen LogP contribution in [0.5, 0.6) is 5.75 Å². The predicted molar refractivity (Wildman–Crippen MR) is 79.9 cm³/mol. The number of rotatable bonds is 4. The van der Waals surface area contributed by atoms with Crippen molar-refractivity contribution in [2.24, 2.45) is 5.92 Å². The van der Waals surface area contributed by atoms with Gasteiger partial charge in [-0.1, -0.05) is 11.6 Å². The molecule has 1 aromatic carbocycles. The summed E-state index contributed by atoms with van der Waals surface area (Å²) in [5.74, 6) is -2.46. The van der Waals surface area contributed by atoms with Crippen LogP contribution in [0.15, 0.2) is 30.6 Å². The molecule has 3 nitrogen and oxygen atoms in total. The van der Waals surface area contributed by atoms with Crippen molar-refractivity contribution in [1.29, 1.82) is 0 Å². The molecule has 1 aromatic heterocycles. The summed E-state index contributed by atoms with van der Waals surface area (Å²) in [4.78, 5) is 3.80. The molecule has 1 saturated heterocycles. The normalized spacial score (nSPS) is 18.9. The van der Waals surface area contributed by atoms with Crippen LogP contribution >= 0.6 is 11.6 Å². The first-order valence-corrected chi connectivity index (χ1v) is 7.55. The lowest BCUT2D eigenvalue weighted by atomic mass is 9.96. The molecule has 0 amide bonds. The molecular formula is C16H14ClF3N2O. The van der Waals surface area contributed by atoms with Gasteiger partial charge in [0.2, 0.25) is 0 Å². The molecule has 0 bridgehead atoms. The highest BCUT2D eigenvalue weighted by Crippen LogP contribution is 2.37. The van der Waals surface area contributed by atoms with E-state index in [0.717, 1.165) is 31.3 Å². The van der Waals surface area contributed by atoms with Crippen LogP contribution in [0.3, 0.4) is 0 Å². The van der Waals surface area contributed by atoms with Crippen molar-refractivity contribution in [2.45, 2.75) is 12.5 Å². The van der Waals surface area contributed by atoms with Crippen molar-refractivity contribution in [3.8, 4) is 5.75 Å². The molecule has 1 aliphatic heterocycles. The molecule has 1 N–H and O–H groups in total. The van der Waals surface area contributed by atoms with Crippen molar-refractivity contribution >= 4 is 11.6 Å². The van der Waals surface area contributed by atoms with E-state index in [2.05, 4.69) is 10.3 Å². The number of hydrogen-bond donors (Lipinski definition) is 1. The first-order chi connectivity index (χ1) is 11.1. The summed E-state index contributed by atoms with van der Waals surface area (Å²) in [7, 11) is 0. The van der Waals surface area contributed by atoms with Crippen LogP contribution < -0.4 is 10.1 Å². The lowest BCUT2D eigenvalue weighted by Gasteiger charge is -2.25. The molecule has 3 rings (SSSR count). The van der Waals surface area contributed by atoms with E-state index in [0.29, 0.717) is 12.1 Å². The Morgan fingerprint density at radius 1 is 1.22 bits per heavy atom. The van der Waals surface area contributed by atoms with Crippen LogP contribution in [0.1, 0.15) is 18.1 Å². The van der Waals surface area contributed by atoms with Gasteiger partial charge in [-0.05, 0) is 31.2 Å². The summed E-state index contributed by atoms with van der Waals surface area (Å²) in [5.41, 5.74) is 0.457. The van der Waals surface area contributed by atoms with Crippen LogP contribution in [0, 0.1) is 23.4 Å². The summed E-state index contributed by atoms with van der Waals surface area (Å²) in [5, 5.41) is 2.74. The van der Waals surface area contributed by atoms with Crippen LogP contribution in [-0.2, 0) is 0 Å². The van der Waals surface area contributed by atoms with Crippen molar-refractivity contribution in [3.63, 3.8) is 0 Å². The summed E-state index contributed by atoms with van der Waals surface area (Å²) < 4.78 is 46.8. The van der Waals surface area contributed by atoms with E-state index in [9.17, 15) is 13.2 Å². The zero-order valence-electron chi connectivity index (χ0n) is 12.0. The SMILES string of the molecule is Fc1cncc([C@@H](Oc2c(F)ccc(F)c2Cl)[C@@H]2CCNC2)c1. The van der Waals surface area contributed by atoms with E-state index >= 15 is 0 Å². The quantitative estimate of drug-likeness (QED) is 0.856. The summed E-state index contributed by atoms with van der Waals surface area (Å²) in [6.07, 6.45) is 2.61. The van der Waals surface area contributed by atoms with Gasteiger partial charge in [0.25, 0.3) is 0 Å². The lowest BCUT2D eigenvalue weighted by molar-refractivity contribution is 0.137. The average molecular weight is 343 g/mol. The van der Waals surface area contributed by atoms with Crippen molar-refractivity contribution in [3.05, 3.63) is 58.6 Å². The van der Waals surface area contributed by atoms with Gasteiger partial charge in [-0.3, -0.25) is 4.98 Å². The highest BCUT2D eigenvalue weighted by molar-refractivity contribution is 6.32. The molecular weight excluding hydrogens is 329 g/mol. The maximum atomic E-state index is 14.0. The smallest absolute Gasteiger partial charge is 0.177 e. The standard InChI is InChI=1S/C16H14ClF3N2O/c17-14-12(19)1-2-13(20)16(14)23-15(9-3-4-21-6-9)10-5-11(18)8-22-7-10/h1-2,5,7-9,15,21H,3-4,6H2/t9-,15+/m1/s1. The van der Waals surface area contributed by atoms with E-state index in [4.69, 9.17) is 16.3 Å². The van der Waals surface area contributed by atoms with Crippen molar-refractivity contribution < 1.29 is 17.9 Å². The van der Waals surface area contributed by atoms with E-state index in [-0.39, 0.29) is 11.7 Å². The molecule has 0 aliphatic carbocycles. The maximum absolute atomic E-state index is 14.0. The van der Waals surface area contributed by atoms with Gasteiger partial charge in [-0.25, -0.2) is 13.2 Å². The number of benzene rings is 1. The molecule has 7 heteroatoms. The Kier molecular flexibility index (Phi) is 4.73. The van der Waals surface area contributed by atoms with Gasteiger partial charge in [-0.2, -0.15) is 0 Å². The molecule has 0 unspecified atom stereocenters. The largest absolute Gasteiger partial charge is 0.481 e. The minimum absolute atomic E-state index is 0.0302. The second kappa shape index (κ2) is 6.76. The molecule has 0 spiro atoms. The molecule has 23 heavy (non-hydrogen) atoms. The van der Waals surface area contributed by atoms with Crippen LogP contribution in [0.25, 0.3) is 0 Å². The monoisotopic (exact) mass is 342 g/mol. The van der Waals surface area contributed by atoms with E-state index in [1.807, 2.05) is 0 Å². The van der Waals surface area contributed by atoms with Gasteiger partial charge in [0.1, 0.15) is 22.8 Å². The molecule has 0 saturated carbocycles. The Morgan fingerprint density at radius 3 is 2.70 bits per heavy atom. The fraction of sp³-hybridized carbons (Fsp3) is 0.312. The van der Waals surface area contributed by atoms with Gasteiger partial charge >= 0.3 is 0 Å². The van der Waals surface area contributed by atoms with Gasteiger partial charge in [0.05, 0.1) is 6.20 Å². The Hall–Kier alpha value is -1.79. The van der Waals surface area contributed by atoms with E-state index in [1.165, 1.54) is 12.3 Å². The molecule has 2 atom stereocenters. The number of ether oxygens (including phenoxy) is 1. The summed E-state index contributed by atoms with van der Waals surface area (Å²) >= 11 is 5.82. The number of nitrogens with zero attached hydrogens (tertiary/aromatic N) is 1. The van der Waals surface area contributed by atoms with Gasteiger partial charge in [0.15, 0.2) is 11.6 Å². The first-order valence-electron chi connectivity index (χ1n) is 7.17. The lowest BCUT2D eigenvalue weighted by Crippen LogP contribution is -2.22. The summed E-state index contributed by atoms with van der Waals surface area (Å²) in [6.45, 7) is 1.39.